The molecule has 0 aliphatic carbocycles. The van der Waals surface area contributed by atoms with Crippen molar-refractivity contribution < 1.29 is 19.1 Å². The molecule has 0 saturated carbocycles. The zero-order chi connectivity index (χ0) is 16.1. The van der Waals surface area contributed by atoms with Crippen molar-refractivity contribution in [2.75, 3.05) is 13.1 Å². The van der Waals surface area contributed by atoms with E-state index in [0.717, 1.165) is 12.8 Å². The van der Waals surface area contributed by atoms with Gasteiger partial charge in [-0.25, -0.2) is 4.39 Å². The number of amides is 2. The molecular weight excluding hydrogens is 287 g/mol. The van der Waals surface area contributed by atoms with Crippen LogP contribution in [0.5, 0.6) is 0 Å². The van der Waals surface area contributed by atoms with Crippen LogP contribution < -0.4 is 5.32 Å². The van der Waals surface area contributed by atoms with Gasteiger partial charge >= 0.3 is 0 Å². The van der Waals surface area contributed by atoms with Crippen molar-refractivity contribution in [1.29, 1.82) is 0 Å². The van der Waals surface area contributed by atoms with E-state index in [-0.39, 0.29) is 24.8 Å². The second-order valence-electron chi connectivity index (χ2n) is 5.63. The van der Waals surface area contributed by atoms with Crippen molar-refractivity contribution in [3.63, 3.8) is 0 Å². The van der Waals surface area contributed by atoms with Crippen molar-refractivity contribution in [3.8, 4) is 0 Å². The SMILES string of the molecule is Cc1ccc(CNC(=O)CN2CCCCC(O)C2=O)cc1F. The summed E-state index contributed by atoms with van der Waals surface area (Å²) < 4.78 is 13.4. The van der Waals surface area contributed by atoms with Gasteiger partial charge < -0.3 is 15.3 Å². The van der Waals surface area contributed by atoms with Crippen molar-refractivity contribution in [2.45, 2.75) is 38.8 Å². The van der Waals surface area contributed by atoms with Crippen LogP contribution in [0.25, 0.3) is 0 Å². The highest BCUT2D eigenvalue weighted by atomic mass is 19.1. The van der Waals surface area contributed by atoms with Gasteiger partial charge in [-0.15, -0.1) is 0 Å². The molecule has 0 radical (unpaired) electrons. The van der Waals surface area contributed by atoms with Gasteiger partial charge in [-0.05, 0) is 43.4 Å². The van der Waals surface area contributed by atoms with Gasteiger partial charge in [0.2, 0.25) is 5.91 Å². The first-order valence-electron chi connectivity index (χ1n) is 7.46. The van der Waals surface area contributed by atoms with Gasteiger partial charge in [0.15, 0.2) is 0 Å². The molecule has 1 aromatic carbocycles. The van der Waals surface area contributed by atoms with Gasteiger partial charge in [0, 0.05) is 13.1 Å². The third-order valence-electron chi connectivity index (χ3n) is 3.81. The number of hydrogen-bond acceptors (Lipinski definition) is 3. The predicted molar refractivity (Wildman–Crippen MR) is 79.4 cm³/mol. The fraction of sp³-hybridized carbons (Fsp3) is 0.500. The minimum Gasteiger partial charge on any atom is -0.383 e. The Morgan fingerprint density at radius 1 is 1.45 bits per heavy atom. The number of halogens is 1. The maximum absolute atomic E-state index is 13.4. The number of benzene rings is 1. The molecule has 1 saturated heterocycles. The van der Waals surface area contributed by atoms with Gasteiger partial charge in [-0.2, -0.15) is 0 Å². The minimum absolute atomic E-state index is 0.0791. The molecule has 2 N–H and O–H groups in total. The first-order valence-corrected chi connectivity index (χ1v) is 7.46. The summed E-state index contributed by atoms with van der Waals surface area (Å²) in [5.74, 6) is -1.02. The smallest absolute Gasteiger partial charge is 0.251 e. The van der Waals surface area contributed by atoms with E-state index >= 15 is 0 Å². The van der Waals surface area contributed by atoms with Gasteiger partial charge in [0.25, 0.3) is 5.91 Å². The van der Waals surface area contributed by atoms with Crippen molar-refractivity contribution in [3.05, 3.63) is 35.1 Å². The fourth-order valence-corrected chi connectivity index (χ4v) is 2.42. The molecule has 1 heterocycles. The number of hydrogen-bond donors (Lipinski definition) is 2. The molecular formula is C16H21FN2O3. The van der Waals surface area contributed by atoms with Crippen LogP contribution in [0.15, 0.2) is 18.2 Å². The lowest BCUT2D eigenvalue weighted by Crippen LogP contribution is -2.44. The maximum Gasteiger partial charge on any atom is 0.251 e. The summed E-state index contributed by atoms with van der Waals surface area (Å²) in [5, 5.41) is 12.3. The monoisotopic (exact) mass is 308 g/mol. The average Bonchev–Trinajstić information content (AvgIpc) is 2.64. The Balaban J connectivity index is 1.86. The number of carbonyl (C=O) groups excluding carboxylic acids is 2. The molecule has 1 atom stereocenters. The van der Waals surface area contributed by atoms with E-state index in [9.17, 15) is 19.1 Å². The van der Waals surface area contributed by atoms with Crippen LogP contribution in [-0.2, 0) is 16.1 Å². The molecule has 1 aliphatic heterocycles. The number of carbonyl (C=O) groups is 2. The fourth-order valence-electron chi connectivity index (χ4n) is 2.42. The Morgan fingerprint density at radius 2 is 2.23 bits per heavy atom. The van der Waals surface area contributed by atoms with Crippen LogP contribution in [0.2, 0.25) is 0 Å². The molecule has 0 bridgehead atoms. The topological polar surface area (TPSA) is 69.6 Å². The molecule has 2 rings (SSSR count). The van der Waals surface area contributed by atoms with Crippen LogP contribution in [0.3, 0.4) is 0 Å². The number of aryl methyl sites for hydroxylation is 1. The summed E-state index contributed by atoms with van der Waals surface area (Å²) in [5.41, 5.74) is 1.22. The lowest BCUT2D eigenvalue weighted by molar-refractivity contribution is -0.142. The largest absolute Gasteiger partial charge is 0.383 e. The lowest BCUT2D eigenvalue weighted by Gasteiger charge is -2.21. The van der Waals surface area contributed by atoms with Crippen molar-refractivity contribution in [2.24, 2.45) is 0 Å². The molecule has 22 heavy (non-hydrogen) atoms. The van der Waals surface area contributed by atoms with Crippen molar-refractivity contribution >= 4 is 11.8 Å². The summed E-state index contributed by atoms with van der Waals surface area (Å²) in [7, 11) is 0. The molecule has 6 heteroatoms. The molecule has 5 nitrogen and oxygen atoms in total. The first-order chi connectivity index (χ1) is 10.5. The Morgan fingerprint density at radius 3 is 2.95 bits per heavy atom. The highest BCUT2D eigenvalue weighted by Crippen LogP contribution is 2.12. The normalized spacial score (nSPS) is 19.0. The third-order valence-corrected chi connectivity index (χ3v) is 3.81. The number of rotatable bonds is 4. The molecule has 1 unspecified atom stereocenters. The molecule has 2 amide bonds. The van der Waals surface area contributed by atoms with Crippen LogP contribution in [-0.4, -0.2) is 41.0 Å². The summed E-state index contributed by atoms with van der Waals surface area (Å²) >= 11 is 0. The zero-order valence-electron chi connectivity index (χ0n) is 12.6. The van der Waals surface area contributed by atoms with E-state index in [4.69, 9.17) is 0 Å². The first kappa shape index (κ1) is 16.4. The van der Waals surface area contributed by atoms with Gasteiger partial charge in [-0.3, -0.25) is 9.59 Å². The van der Waals surface area contributed by atoms with Gasteiger partial charge in [0.05, 0.1) is 6.54 Å². The summed E-state index contributed by atoms with van der Waals surface area (Å²) in [6.45, 7) is 2.28. The molecule has 120 valence electrons. The number of likely N-dealkylation sites (tertiary alicyclic amines) is 1. The maximum atomic E-state index is 13.4. The number of aliphatic hydroxyl groups excluding tert-OH is 1. The molecule has 1 fully saturated rings. The molecule has 1 aliphatic rings. The lowest BCUT2D eigenvalue weighted by atomic mass is 10.1. The average molecular weight is 308 g/mol. The van der Waals surface area contributed by atoms with E-state index in [1.165, 1.54) is 11.0 Å². The summed E-state index contributed by atoms with van der Waals surface area (Å²) in [6.07, 6.45) is 0.980. The Kier molecular flexibility index (Phi) is 5.49. The van der Waals surface area contributed by atoms with Gasteiger partial charge in [-0.1, -0.05) is 12.1 Å². The van der Waals surface area contributed by atoms with Crippen LogP contribution in [0.1, 0.15) is 30.4 Å². The number of nitrogens with zero attached hydrogens (tertiary/aromatic N) is 1. The van der Waals surface area contributed by atoms with Crippen LogP contribution in [0.4, 0.5) is 4.39 Å². The Labute approximate surface area is 129 Å². The second kappa shape index (κ2) is 7.35. The van der Waals surface area contributed by atoms with Crippen molar-refractivity contribution in [1.82, 2.24) is 10.2 Å². The Bertz CT molecular complexity index is 562. The molecule has 0 aromatic heterocycles. The third kappa shape index (κ3) is 4.27. The molecule has 0 spiro atoms. The van der Waals surface area contributed by atoms with E-state index in [0.29, 0.717) is 24.1 Å². The Hall–Kier alpha value is -1.95. The number of nitrogens with one attached hydrogen (secondary N) is 1. The summed E-state index contributed by atoms with van der Waals surface area (Å²) in [6, 6.07) is 4.79. The van der Waals surface area contributed by atoms with E-state index in [1.807, 2.05) is 0 Å². The summed E-state index contributed by atoms with van der Waals surface area (Å²) in [4.78, 5) is 25.2. The minimum atomic E-state index is -1.01. The van der Waals surface area contributed by atoms with E-state index < -0.39 is 12.0 Å². The van der Waals surface area contributed by atoms with Gasteiger partial charge in [0.1, 0.15) is 11.9 Å². The standard InChI is InChI=1S/C16H21FN2O3/c1-11-5-6-12(8-13(11)17)9-18-15(21)10-19-7-3-2-4-14(20)16(19)22/h5-6,8,14,20H,2-4,7,9-10H2,1H3,(H,18,21). The zero-order valence-corrected chi connectivity index (χ0v) is 12.6. The van der Waals surface area contributed by atoms with Crippen LogP contribution >= 0.6 is 0 Å². The predicted octanol–water partition coefficient (Wildman–Crippen LogP) is 1.12. The van der Waals surface area contributed by atoms with Crippen LogP contribution in [0, 0.1) is 12.7 Å². The highest BCUT2D eigenvalue weighted by Gasteiger charge is 2.26. The quantitative estimate of drug-likeness (QED) is 0.876. The second-order valence-corrected chi connectivity index (χ2v) is 5.63. The highest BCUT2D eigenvalue weighted by molar-refractivity contribution is 5.87. The van der Waals surface area contributed by atoms with E-state index in [1.54, 1.807) is 19.1 Å². The van der Waals surface area contributed by atoms with E-state index in [2.05, 4.69) is 5.32 Å². The number of aliphatic hydroxyl groups is 1. The molecule has 1 aromatic rings.